The summed E-state index contributed by atoms with van der Waals surface area (Å²) in [6.07, 6.45) is 0.998. The van der Waals surface area contributed by atoms with Gasteiger partial charge in [0.2, 0.25) is 0 Å². The van der Waals surface area contributed by atoms with Gasteiger partial charge in [0, 0.05) is 22.7 Å². The number of hydrogen-bond acceptors (Lipinski definition) is 2. The molecule has 0 fully saturated rings. The molecular formula is C19H18ClN3. The number of nitrogens with one attached hydrogen (secondary N) is 1. The summed E-state index contributed by atoms with van der Waals surface area (Å²) in [5.74, 6) is 1.08. The van der Waals surface area contributed by atoms with Gasteiger partial charge < -0.3 is 5.32 Å². The molecule has 4 heteroatoms. The minimum atomic E-state index is 0.766. The molecule has 0 saturated heterocycles. The van der Waals surface area contributed by atoms with Crippen molar-refractivity contribution < 1.29 is 0 Å². The summed E-state index contributed by atoms with van der Waals surface area (Å²) in [4.78, 5) is 0. The molecule has 2 aromatic carbocycles. The summed E-state index contributed by atoms with van der Waals surface area (Å²) in [6.45, 7) is 5.07. The minimum Gasteiger partial charge on any atom is -0.369 e. The second kappa shape index (κ2) is 5.43. The summed E-state index contributed by atoms with van der Waals surface area (Å²) in [6, 6.07) is 14.6. The number of benzene rings is 2. The Morgan fingerprint density at radius 1 is 1.13 bits per heavy atom. The Labute approximate surface area is 140 Å². The predicted octanol–water partition coefficient (Wildman–Crippen LogP) is 4.78. The molecular weight excluding hydrogens is 306 g/mol. The van der Waals surface area contributed by atoms with E-state index in [1.54, 1.807) is 0 Å². The standard InChI is InChI=1S/C19H18ClN3/c1-12-4-3-5-14(10-12)18-16-8-9-21-19(16)23(22-18)15-7-6-13(2)17(20)11-15/h3-7,10-11,21H,8-9H2,1-2H3. The van der Waals surface area contributed by atoms with E-state index in [0.29, 0.717) is 0 Å². The molecule has 1 aliphatic rings. The van der Waals surface area contributed by atoms with Crippen LogP contribution in [0.4, 0.5) is 5.82 Å². The number of aryl methyl sites for hydroxylation is 2. The molecule has 1 aliphatic heterocycles. The van der Waals surface area contributed by atoms with Gasteiger partial charge in [0.1, 0.15) is 5.82 Å². The first-order chi connectivity index (χ1) is 11.1. The first-order valence-electron chi connectivity index (χ1n) is 7.83. The quantitative estimate of drug-likeness (QED) is 0.735. The van der Waals surface area contributed by atoms with E-state index in [0.717, 1.165) is 40.8 Å². The molecule has 0 saturated carbocycles. The number of anilines is 1. The van der Waals surface area contributed by atoms with Crippen LogP contribution in [-0.4, -0.2) is 16.3 Å². The number of halogens is 1. The van der Waals surface area contributed by atoms with Gasteiger partial charge in [0.15, 0.2) is 0 Å². The molecule has 1 aromatic heterocycles. The van der Waals surface area contributed by atoms with Crippen molar-refractivity contribution in [1.29, 1.82) is 0 Å². The molecule has 0 atom stereocenters. The van der Waals surface area contributed by atoms with Crippen molar-refractivity contribution in [2.75, 3.05) is 11.9 Å². The average molecular weight is 324 g/mol. The van der Waals surface area contributed by atoms with Crippen LogP contribution >= 0.6 is 11.6 Å². The maximum Gasteiger partial charge on any atom is 0.133 e. The van der Waals surface area contributed by atoms with Crippen molar-refractivity contribution in [1.82, 2.24) is 9.78 Å². The van der Waals surface area contributed by atoms with Gasteiger partial charge in [0.05, 0.1) is 11.4 Å². The van der Waals surface area contributed by atoms with E-state index in [1.807, 2.05) is 23.7 Å². The van der Waals surface area contributed by atoms with Crippen LogP contribution in [0.3, 0.4) is 0 Å². The molecule has 1 N–H and O–H groups in total. The Balaban J connectivity index is 1.89. The maximum absolute atomic E-state index is 6.30. The van der Waals surface area contributed by atoms with Gasteiger partial charge in [-0.2, -0.15) is 5.10 Å². The lowest BCUT2D eigenvalue weighted by Gasteiger charge is -2.08. The largest absolute Gasteiger partial charge is 0.369 e. The first-order valence-corrected chi connectivity index (χ1v) is 8.20. The van der Waals surface area contributed by atoms with Crippen LogP contribution in [0.2, 0.25) is 5.02 Å². The SMILES string of the molecule is Cc1cccc(-c2nn(-c3ccc(C)c(Cl)c3)c3c2CCN3)c1. The van der Waals surface area contributed by atoms with Crippen molar-refractivity contribution in [3.05, 3.63) is 64.2 Å². The third-order valence-electron chi connectivity index (χ3n) is 4.34. The third kappa shape index (κ3) is 2.41. The first kappa shape index (κ1) is 14.3. The second-order valence-electron chi connectivity index (χ2n) is 6.07. The van der Waals surface area contributed by atoms with E-state index in [2.05, 4.69) is 42.6 Å². The highest BCUT2D eigenvalue weighted by atomic mass is 35.5. The molecule has 0 bridgehead atoms. The predicted molar refractivity (Wildman–Crippen MR) is 95.7 cm³/mol. The number of nitrogens with zero attached hydrogens (tertiary/aromatic N) is 2. The van der Waals surface area contributed by atoms with Gasteiger partial charge in [-0.3, -0.25) is 0 Å². The summed E-state index contributed by atoms with van der Waals surface area (Å²) in [5, 5.41) is 9.11. The lowest BCUT2D eigenvalue weighted by molar-refractivity contribution is 0.882. The zero-order chi connectivity index (χ0) is 16.0. The minimum absolute atomic E-state index is 0.766. The van der Waals surface area contributed by atoms with Gasteiger partial charge in [-0.25, -0.2) is 4.68 Å². The van der Waals surface area contributed by atoms with Crippen LogP contribution in [0.5, 0.6) is 0 Å². The molecule has 0 amide bonds. The molecule has 0 radical (unpaired) electrons. The molecule has 3 nitrogen and oxygen atoms in total. The highest BCUT2D eigenvalue weighted by molar-refractivity contribution is 6.31. The van der Waals surface area contributed by atoms with Crippen LogP contribution < -0.4 is 5.32 Å². The van der Waals surface area contributed by atoms with E-state index in [1.165, 1.54) is 16.7 Å². The highest BCUT2D eigenvalue weighted by Gasteiger charge is 2.24. The van der Waals surface area contributed by atoms with E-state index in [4.69, 9.17) is 16.7 Å². The number of rotatable bonds is 2. The van der Waals surface area contributed by atoms with Crippen LogP contribution in [0.15, 0.2) is 42.5 Å². The molecule has 116 valence electrons. The lowest BCUT2D eigenvalue weighted by Crippen LogP contribution is -2.04. The van der Waals surface area contributed by atoms with E-state index >= 15 is 0 Å². The van der Waals surface area contributed by atoms with E-state index in [9.17, 15) is 0 Å². The Bertz CT molecular complexity index is 896. The van der Waals surface area contributed by atoms with Gasteiger partial charge in [-0.1, -0.05) is 41.4 Å². The molecule has 0 spiro atoms. The Hall–Kier alpha value is -2.26. The lowest BCUT2D eigenvalue weighted by atomic mass is 10.0. The van der Waals surface area contributed by atoms with Crippen molar-refractivity contribution in [2.24, 2.45) is 0 Å². The fourth-order valence-electron chi connectivity index (χ4n) is 3.10. The zero-order valence-electron chi connectivity index (χ0n) is 13.2. The highest BCUT2D eigenvalue weighted by Crippen LogP contribution is 2.35. The van der Waals surface area contributed by atoms with Gasteiger partial charge in [-0.05, 0) is 44.0 Å². The molecule has 2 heterocycles. The van der Waals surface area contributed by atoms with Crippen LogP contribution in [0.25, 0.3) is 16.9 Å². The Morgan fingerprint density at radius 2 is 2.00 bits per heavy atom. The van der Waals surface area contributed by atoms with Crippen molar-refractivity contribution in [3.63, 3.8) is 0 Å². The number of hydrogen-bond donors (Lipinski definition) is 1. The normalized spacial score (nSPS) is 13.0. The van der Waals surface area contributed by atoms with Crippen LogP contribution in [0.1, 0.15) is 16.7 Å². The average Bonchev–Trinajstić information content (AvgIpc) is 3.12. The van der Waals surface area contributed by atoms with E-state index in [-0.39, 0.29) is 0 Å². The van der Waals surface area contributed by atoms with Crippen molar-refractivity contribution >= 4 is 17.4 Å². The summed E-state index contributed by atoms with van der Waals surface area (Å²) >= 11 is 6.30. The Kier molecular flexibility index (Phi) is 3.38. The van der Waals surface area contributed by atoms with Gasteiger partial charge in [-0.15, -0.1) is 0 Å². The summed E-state index contributed by atoms with van der Waals surface area (Å²) < 4.78 is 1.98. The van der Waals surface area contributed by atoms with E-state index < -0.39 is 0 Å². The van der Waals surface area contributed by atoms with Crippen molar-refractivity contribution in [2.45, 2.75) is 20.3 Å². The maximum atomic E-state index is 6.30. The Morgan fingerprint density at radius 3 is 2.78 bits per heavy atom. The summed E-state index contributed by atoms with van der Waals surface area (Å²) in [7, 11) is 0. The molecule has 23 heavy (non-hydrogen) atoms. The van der Waals surface area contributed by atoms with Crippen molar-refractivity contribution in [3.8, 4) is 16.9 Å². The monoisotopic (exact) mass is 323 g/mol. The topological polar surface area (TPSA) is 29.9 Å². The zero-order valence-corrected chi connectivity index (χ0v) is 14.0. The third-order valence-corrected chi connectivity index (χ3v) is 4.75. The fraction of sp³-hybridized carbons (Fsp3) is 0.211. The number of fused-ring (bicyclic) bond motifs is 1. The molecule has 0 unspecified atom stereocenters. The summed E-state index contributed by atoms with van der Waals surface area (Å²) in [5.41, 5.74) is 6.82. The van der Waals surface area contributed by atoms with Gasteiger partial charge >= 0.3 is 0 Å². The van der Waals surface area contributed by atoms with Crippen LogP contribution in [-0.2, 0) is 6.42 Å². The second-order valence-corrected chi connectivity index (χ2v) is 6.47. The van der Waals surface area contributed by atoms with Crippen LogP contribution in [0, 0.1) is 13.8 Å². The number of aromatic nitrogens is 2. The fourth-order valence-corrected chi connectivity index (χ4v) is 3.27. The smallest absolute Gasteiger partial charge is 0.133 e. The van der Waals surface area contributed by atoms with Gasteiger partial charge in [0.25, 0.3) is 0 Å². The molecule has 3 aromatic rings. The molecule has 0 aliphatic carbocycles. The molecule has 4 rings (SSSR count).